The summed E-state index contributed by atoms with van der Waals surface area (Å²) in [6.07, 6.45) is 4.21. The van der Waals surface area contributed by atoms with E-state index in [0.717, 1.165) is 18.4 Å². The van der Waals surface area contributed by atoms with Gasteiger partial charge in [0.1, 0.15) is 17.7 Å². The quantitative estimate of drug-likeness (QED) is 0.181. The molecule has 9 atom stereocenters. The highest BCUT2D eigenvalue weighted by Gasteiger charge is 2.68. The fourth-order valence-electron chi connectivity index (χ4n) is 9.44. The highest BCUT2D eigenvalue weighted by molar-refractivity contribution is 5.93. The molecule has 268 valence electrons. The Balaban J connectivity index is 1.32. The molecule has 0 aromatic heterocycles. The molecule has 0 bridgehead atoms. The molecular weight excluding hydrogens is 620 g/mol. The first-order valence-electron chi connectivity index (χ1n) is 17.5. The number of fused-ring (bicyclic) bond motifs is 5. The van der Waals surface area contributed by atoms with E-state index in [0.29, 0.717) is 19.3 Å². The summed E-state index contributed by atoms with van der Waals surface area (Å²) >= 11 is 0. The van der Waals surface area contributed by atoms with Crippen molar-refractivity contribution in [2.45, 2.75) is 130 Å². The van der Waals surface area contributed by atoms with Crippen molar-refractivity contribution in [1.29, 1.82) is 0 Å². The molecule has 0 aromatic carbocycles. The molecule has 0 radical (unpaired) electrons. The molecule has 5 N–H and O–H groups in total. The van der Waals surface area contributed by atoms with E-state index in [-0.39, 0.29) is 72.9 Å². The fourth-order valence-corrected chi connectivity index (χ4v) is 9.44. The zero-order valence-corrected chi connectivity index (χ0v) is 29.2. The summed E-state index contributed by atoms with van der Waals surface area (Å²) in [7, 11) is 0. The van der Waals surface area contributed by atoms with E-state index in [1.165, 1.54) is 0 Å². The number of amides is 2. The maximum absolute atomic E-state index is 13.5. The first-order valence-corrected chi connectivity index (χ1v) is 17.5. The summed E-state index contributed by atoms with van der Waals surface area (Å²) in [5, 5.41) is 38.0. The van der Waals surface area contributed by atoms with Gasteiger partial charge in [0.2, 0.25) is 17.6 Å². The van der Waals surface area contributed by atoms with Crippen molar-refractivity contribution in [2.24, 2.45) is 40.4 Å². The van der Waals surface area contributed by atoms with Crippen LogP contribution in [-0.2, 0) is 33.5 Å². The number of carboxylic acid groups (broad SMARTS) is 1. The van der Waals surface area contributed by atoms with Crippen molar-refractivity contribution in [2.75, 3.05) is 6.61 Å². The Bertz CT molecular complexity index is 1340. The molecule has 2 amide bonds. The SMILES string of the molecule is CC(C)C[C@@H](NC(=O)[C@H](NC(=O)CCC(=O)OCC(=O)[C@@]1(O)CC[C@H]2[C@@H]3CCC4=CC(=O)CC[C@]4(C)[C@H]3[C@H](O)C[C@@]21C)C(C)C)C(=O)O. The van der Waals surface area contributed by atoms with E-state index < -0.39 is 65.3 Å². The summed E-state index contributed by atoms with van der Waals surface area (Å²) in [6, 6.07) is -2.12. The van der Waals surface area contributed by atoms with Gasteiger partial charge in [-0.1, -0.05) is 47.1 Å². The predicted octanol–water partition coefficient (Wildman–Crippen LogP) is 2.87. The minimum atomic E-state index is -1.79. The third-order valence-electron chi connectivity index (χ3n) is 12.0. The molecule has 0 unspecified atom stereocenters. The number of Topliss-reactive ketones (excluding diaryl/α,β-unsaturated/α-hetero) is 1. The van der Waals surface area contributed by atoms with E-state index in [1.807, 2.05) is 20.8 Å². The lowest BCUT2D eigenvalue weighted by molar-refractivity contribution is -0.184. The first kappa shape index (κ1) is 37.7. The Kier molecular flexibility index (Phi) is 11.3. The highest BCUT2D eigenvalue weighted by atomic mass is 16.5. The molecule has 0 aliphatic heterocycles. The van der Waals surface area contributed by atoms with Gasteiger partial charge in [0, 0.05) is 18.3 Å². The van der Waals surface area contributed by atoms with Crippen LogP contribution in [0.15, 0.2) is 11.6 Å². The zero-order valence-electron chi connectivity index (χ0n) is 29.2. The molecule has 3 saturated carbocycles. The maximum atomic E-state index is 13.5. The lowest BCUT2D eigenvalue weighted by Crippen LogP contribution is -2.62. The molecule has 12 heteroatoms. The molecule has 12 nitrogen and oxygen atoms in total. The summed E-state index contributed by atoms with van der Waals surface area (Å²) in [5.74, 6) is -4.07. The van der Waals surface area contributed by atoms with Gasteiger partial charge in [-0.25, -0.2) is 4.79 Å². The van der Waals surface area contributed by atoms with Crippen molar-refractivity contribution >= 4 is 35.3 Å². The number of ketones is 2. The van der Waals surface area contributed by atoms with Crippen LogP contribution in [0.2, 0.25) is 0 Å². The van der Waals surface area contributed by atoms with Crippen molar-refractivity contribution in [1.82, 2.24) is 10.6 Å². The molecule has 0 aromatic rings. The topological polar surface area (TPSA) is 196 Å². The second-order valence-corrected chi connectivity index (χ2v) is 15.9. The second-order valence-electron chi connectivity index (χ2n) is 15.9. The molecular formula is C36H54N2O10. The van der Waals surface area contributed by atoms with E-state index in [1.54, 1.807) is 19.9 Å². The van der Waals surface area contributed by atoms with Crippen molar-refractivity contribution < 1.29 is 48.8 Å². The number of allylic oxidation sites excluding steroid dienone is 1. The number of carbonyl (C=O) groups excluding carboxylic acids is 5. The number of esters is 1. The highest BCUT2D eigenvalue weighted by Crippen LogP contribution is 2.67. The van der Waals surface area contributed by atoms with Gasteiger partial charge < -0.3 is 30.7 Å². The minimum absolute atomic E-state index is 0.0162. The summed E-state index contributed by atoms with van der Waals surface area (Å²) in [6.45, 7) is 10.4. The zero-order chi connectivity index (χ0) is 35.8. The number of hydrogen-bond donors (Lipinski definition) is 5. The smallest absolute Gasteiger partial charge is 0.326 e. The number of aliphatic hydroxyl groups is 2. The number of ether oxygens (including phenoxy) is 1. The molecule has 4 aliphatic rings. The second kappa shape index (κ2) is 14.4. The van der Waals surface area contributed by atoms with Gasteiger partial charge in [0.25, 0.3) is 0 Å². The predicted molar refractivity (Wildman–Crippen MR) is 174 cm³/mol. The number of hydrogen-bond acceptors (Lipinski definition) is 9. The van der Waals surface area contributed by atoms with Crippen molar-refractivity contribution in [3.8, 4) is 0 Å². The molecule has 0 spiro atoms. The van der Waals surface area contributed by atoms with E-state index >= 15 is 0 Å². The fraction of sp³-hybridized carbons (Fsp3) is 0.778. The van der Waals surface area contributed by atoms with Crippen LogP contribution >= 0.6 is 0 Å². The number of rotatable bonds is 13. The molecule has 0 saturated heterocycles. The number of aliphatic carboxylic acids is 1. The summed E-state index contributed by atoms with van der Waals surface area (Å²) in [4.78, 5) is 75.4. The van der Waals surface area contributed by atoms with Crippen LogP contribution in [0.3, 0.4) is 0 Å². The van der Waals surface area contributed by atoms with Crippen LogP contribution in [0, 0.1) is 40.4 Å². The van der Waals surface area contributed by atoms with Gasteiger partial charge in [0.15, 0.2) is 12.4 Å². The Hall–Kier alpha value is -3.12. The van der Waals surface area contributed by atoms with Crippen LogP contribution in [0.5, 0.6) is 0 Å². The van der Waals surface area contributed by atoms with E-state index in [4.69, 9.17) is 4.74 Å². The van der Waals surface area contributed by atoms with Crippen molar-refractivity contribution in [3.05, 3.63) is 11.6 Å². The third-order valence-corrected chi connectivity index (χ3v) is 12.0. The van der Waals surface area contributed by atoms with Crippen molar-refractivity contribution in [3.63, 3.8) is 0 Å². The van der Waals surface area contributed by atoms with E-state index in [2.05, 4.69) is 17.6 Å². The van der Waals surface area contributed by atoms with Gasteiger partial charge in [0.05, 0.1) is 12.5 Å². The number of nitrogens with one attached hydrogen (secondary N) is 2. The maximum Gasteiger partial charge on any atom is 0.326 e. The lowest BCUT2D eigenvalue weighted by atomic mass is 9.45. The number of carboxylic acids is 1. The van der Waals surface area contributed by atoms with Crippen LogP contribution in [0.4, 0.5) is 0 Å². The summed E-state index contributed by atoms with van der Waals surface area (Å²) in [5.41, 5.74) is -1.90. The molecule has 0 heterocycles. The lowest BCUT2D eigenvalue weighted by Gasteiger charge is -2.60. The minimum Gasteiger partial charge on any atom is -0.480 e. The normalized spacial score (nSPS) is 33.9. The van der Waals surface area contributed by atoms with E-state index in [9.17, 15) is 44.1 Å². The van der Waals surface area contributed by atoms with Crippen LogP contribution in [0.1, 0.15) is 106 Å². The largest absolute Gasteiger partial charge is 0.480 e. The monoisotopic (exact) mass is 674 g/mol. The van der Waals surface area contributed by atoms with Crippen LogP contribution in [0.25, 0.3) is 0 Å². The average molecular weight is 675 g/mol. The first-order chi connectivity index (χ1) is 22.3. The summed E-state index contributed by atoms with van der Waals surface area (Å²) < 4.78 is 5.23. The molecule has 4 aliphatic carbocycles. The molecule has 48 heavy (non-hydrogen) atoms. The molecule has 4 rings (SSSR count). The molecule has 3 fully saturated rings. The Morgan fingerprint density at radius 1 is 1.00 bits per heavy atom. The van der Waals surface area contributed by atoms with Gasteiger partial charge in [-0.15, -0.1) is 0 Å². The third kappa shape index (κ3) is 7.25. The Morgan fingerprint density at radius 2 is 1.69 bits per heavy atom. The Morgan fingerprint density at radius 3 is 2.31 bits per heavy atom. The Labute approximate surface area is 282 Å². The van der Waals surface area contributed by atoms with Gasteiger partial charge in [-0.3, -0.25) is 24.0 Å². The number of aliphatic hydroxyl groups excluding tert-OH is 1. The average Bonchev–Trinajstić information content (AvgIpc) is 3.27. The van der Waals surface area contributed by atoms with Gasteiger partial charge in [-0.2, -0.15) is 0 Å². The van der Waals surface area contributed by atoms with Crippen LogP contribution < -0.4 is 10.6 Å². The standard InChI is InChI=1S/C36H54N2O10/c1-19(2)15-25(33(45)46)37-32(44)31(20(3)4)38-28(42)9-10-29(43)48-18-27(41)36(47)14-12-24-23-8-7-21-16-22(39)11-13-34(21,5)30(23)26(40)17-35(24,36)6/h16,19-20,23-26,30-31,40,47H,7-15,17-18H2,1-6H3,(H,37,44)(H,38,42)(H,45,46)/t23-,24-,25+,26+,30+,31+,34-,35-,36-/m0/s1. The van der Waals surface area contributed by atoms with Crippen LogP contribution in [-0.4, -0.2) is 81.0 Å². The number of carbonyl (C=O) groups is 6. The van der Waals surface area contributed by atoms with Gasteiger partial charge in [-0.05, 0) is 86.0 Å². The van der Waals surface area contributed by atoms with Gasteiger partial charge >= 0.3 is 11.9 Å².